The van der Waals surface area contributed by atoms with Crippen molar-refractivity contribution < 1.29 is 19.1 Å². The minimum atomic E-state index is -0.544. The molecular weight excluding hydrogens is 356 g/mol. The molecule has 28 heavy (non-hydrogen) atoms. The van der Waals surface area contributed by atoms with Crippen LogP contribution in [-0.2, 0) is 19.7 Å². The van der Waals surface area contributed by atoms with Crippen molar-refractivity contribution in [1.82, 2.24) is 0 Å². The van der Waals surface area contributed by atoms with Gasteiger partial charge in [-0.1, -0.05) is 45.0 Å². The molecule has 2 aromatic carbocycles. The molecule has 0 fully saturated rings. The second-order valence-electron chi connectivity index (χ2n) is 7.49. The summed E-state index contributed by atoms with van der Waals surface area (Å²) in [6.45, 7) is 6.23. The van der Waals surface area contributed by atoms with Crippen molar-refractivity contribution in [2.45, 2.75) is 26.2 Å². The highest BCUT2D eigenvalue weighted by molar-refractivity contribution is 6.12. The van der Waals surface area contributed by atoms with Gasteiger partial charge >= 0.3 is 5.97 Å². The van der Waals surface area contributed by atoms with Gasteiger partial charge in [0.1, 0.15) is 5.75 Å². The number of cyclic esters (lactones) is 1. The van der Waals surface area contributed by atoms with Crippen LogP contribution in [0.3, 0.4) is 0 Å². The summed E-state index contributed by atoms with van der Waals surface area (Å²) in [7, 11) is 0. The number of aliphatic imine (C=N–C) groups is 1. The first-order valence-corrected chi connectivity index (χ1v) is 8.87. The topological polar surface area (TPSA) is 91.0 Å². The summed E-state index contributed by atoms with van der Waals surface area (Å²) in [6.07, 6.45) is 1.64. The minimum Gasteiger partial charge on any atom is -0.484 e. The Morgan fingerprint density at radius 2 is 1.75 bits per heavy atom. The summed E-state index contributed by atoms with van der Waals surface area (Å²) in [5.74, 6) is -0.238. The van der Waals surface area contributed by atoms with Crippen LogP contribution in [0.2, 0.25) is 0 Å². The fourth-order valence-electron chi connectivity index (χ4n) is 2.62. The summed E-state index contributed by atoms with van der Waals surface area (Å²) < 4.78 is 10.5. The van der Waals surface area contributed by atoms with Gasteiger partial charge in [-0.3, -0.25) is 4.79 Å². The maximum Gasteiger partial charge on any atom is 0.363 e. The quantitative estimate of drug-likeness (QED) is 0.639. The molecule has 0 unspecified atom stereocenters. The Kier molecular flexibility index (Phi) is 5.31. The van der Waals surface area contributed by atoms with Gasteiger partial charge in [0.15, 0.2) is 12.3 Å². The van der Waals surface area contributed by atoms with Crippen molar-refractivity contribution >= 4 is 23.9 Å². The highest BCUT2D eigenvalue weighted by Gasteiger charge is 2.24. The molecule has 1 amide bonds. The number of carbonyl (C=O) groups excluding carboxylic acids is 2. The van der Waals surface area contributed by atoms with E-state index < -0.39 is 11.9 Å². The van der Waals surface area contributed by atoms with Gasteiger partial charge in [0, 0.05) is 5.56 Å². The Balaban J connectivity index is 1.77. The first kappa shape index (κ1) is 19.4. The van der Waals surface area contributed by atoms with E-state index in [0.717, 1.165) is 11.1 Å². The molecule has 6 heteroatoms. The Hall–Kier alpha value is -3.41. The molecule has 1 heterocycles. The lowest BCUT2D eigenvalue weighted by Crippen LogP contribution is -2.19. The third-order valence-electron chi connectivity index (χ3n) is 4.18. The van der Waals surface area contributed by atoms with E-state index in [1.54, 1.807) is 30.3 Å². The van der Waals surface area contributed by atoms with Crippen LogP contribution in [-0.4, -0.2) is 24.4 Å². The van der Waals surface area contributed by atoms with Gasteiger partial charge in [-0.25, -0.2) is 9.79 Å². The Bertz CT molecular complexity index is 950. The van der Waals surface area contributed by atoms with E-state index >= 15 is 0 Å². The highest BCUT2D eigenvalue weighted by atomic mass is 16.6. The molecule has 0 aromatic heterocycles. The highest BCUT2D eigenvalue weighted by Crippen LogP contribution is 2.24. The second kappa shape index (κ2) is 7.68. The van der Waals surface area contributed by atoms with Gasteiger partial charge in [0.05, 0.1) is 0 Å². The standard InChI is InChI=1S/C22H22N2O4/c1-22(2,3)16-8-6-15(7-9-16)20-24-18(21(26)28-20)12-14-4-10-17(11-5-14)27-13-19(23)25/h4-12H,13H2,1-3H3,(H2,23,25). The van der Waals surface area contributed by atoms with Crippen molar-refractivity contribution in [2.75, 3.05) is 6.61 Å². The van der Waals surface area contributed by atoms with E-state index in [0.29, 0.717) is 5.75 Å². The van der Waals surface area contributed by atoms with Crippen molar-refractivity contribution in [1.29, 1.82) is 0 Å². The molecule has 3 rings (SSSR count). The van der Waals surface area contributed by atoms with E-state index in [1.807, 2.05) is 24.3 Å². The molecule has 0 radical (unpaired) electrons. The lowest BCUT2D eigenvalue weighted by Gasteiger charge is -2.18. The number of nitrogens with two attached hydrogens (primary N) is 1. The monoisotopic (exact) mass is 378 g/mol. The summed E-state index contributed by atoms with van der Waals surface area (Å²) in [4.78, 5) is 27.2. The molecule has 1 aliphatic heterocycles. The van der Waals surface area contributed by atoms with Gasteiger partial charge < -0.3 is 15.2 Å². The van der Waals surface area contributed by atoms with Gasteiger partial charge in [-0.2, -0.15) is 0 Å². The number of ether oxygens (including phenoxy) is 2. The summed E-state index contributed by atoms with van der Waals surface area (Å²) in [5.41, 5.74) is 8.01. The number of carbonyl (C=O) groups is 2. The number of nitrogens with zero attached hydrogens (tertiary/aromatic N) is 1. The van der Waals surface area contributed by atoms with Crippen molar-refractivity contribution in [2.24, 2.45) is 10.7 Å². The SMILES string of the molecule is CC(C)(C)c1ccc(C2=NC(=Cc3ccc(OCC(N)=O)cc3)C(=O)O2)cc1. The van der Waals surface area contributed by atoms with Crippen molar-refractivity contribution in [3.8, 4) is 5.75 Å². The number of primary amides is 1. The molecule has 0 saturated heterocycles. The average Bonchev–Trinajstić information content (AvgIpc) is 3.01. The normalized spacial score (nSPS) is 15.3. The van der Waals surface area contributed by atoms with Crippen LogP contribution in [0, 0.1) is 0 Å². The van der Waals surface area contributed by atoms with E-state index in [2.05, 4.69) is 25.8 Å². The fourth-order valence-corrected chi connectivity index (χ4v) is 2.62. The van der Waals surface area contributed by atoms with E-state index in [4.69, 9.17) is 15.2 Å². The number of rotatable bonds is 5. The zero-order valence-electron chi connectivity index (χ0n) is 16.1. The number of esters is 1. The molecule has 0 saturated carbocycles. The van der Waals surface area contributed by atoms with Crippen LogP contribution in [0.15, 0.2) is 59.2 Å². The summed E-state index contributed by atoms with van der Waals surface area (Å²) in [6, 6.07) is 14.7. The number of hydrogen-bond donors (Lipinski definition) is 1. The first-order chi connectivity index (χ1) is 13.2. The Labute approximate surface area is 163 Å². The molecule has 6 nitrogen and oxygen atoms in total. The van der Waals surface area contributed by atoms with Gasteiger partial charge in [0.2, 0.25) is 5.90 Å². The molecule has 2 N–H and O–H groups in total. The van der Waals surface area contributed by atoms with E-state index in [1.165, 1.54) is 5.56 Å². The summed E-state index contributed by atoms with van der Waals surface area (Å²) >= 11 is 0. The Morgan fingerprint density at radius 1 is 1.11 bits per heavy atom. The summed E-state index contributed by atoms with van der Waals surface area (Å²) in [5, 5.41) is 0. The zero-order chi connectivity index (χ0) is 20.3. The fraction of sp³-hybridized carbons (Fsp3) is 0.227. The second-order valence-corrected chi connectivity index (χ2v) is 7.49. The van der Waals surface area contributed by atoms with Crippen LogP contribution >= 0.6 is 0 Å². The molecule has 0 bridgehead atoms. The zero-order valence-corrected chi connectivity index (χ0v) is 16.1. The van der Waals surface area contributed by atoms with Crippen LogP contribution in [0.4, 0.5) is 0 Å². The average molecular weight is 378 g/mol. The van der Waals surface area contributed by atoms with Crippen LogP contribution in [0.25, 0.3) is 6.08 Å². The van der Waals surface area contributed by atoms with E-state index in [9.17, 15) is 9.59 Å². The maximum atomic E-state index is 12.2. The minimum absolute atomic E-state index is 0.0467. The first-order valence-electron chi connectivity index (χ1n) is 8.87. The molecule has 0 spiro atoms. The predicted molar refractivity (Wildman–Crippen MR) is 107 cm³/mol. The van der Waals surface area contributed by atoms with Crippen LogP contribution < -0.4 is 10.5 Å². The molecule has 0 aliphatic carbocycles. The van der Waals surface area contributed by atoms with Crippen LogP contribution in [0.1, 0.15) is 37.5 Å². The van der Waals surface area contributed by atoms with Gasteiger partial charge in [-0.15, -0.1) is 0 Å². The lowest BCUT2D eigenvalue weighted by molar-refractivity contribution is -0.130. The lowest BCUT2D eigenvalue weighted by atomic mass is 9.87. The maximum absolute atomic E-state index is 12.2. The van der Waals surface area contributed by atoms with Gasteiger partial charge in [0.25, 0.3) is 5.91 Å². The molecule has 0 atom stereocenters. The number of amides is 1. The largest absolute Gasteiger partial charge is 0.484 e. The Morgan fingerprint density at radius 3 is 2.32 bits per heavy atom. The van der Waals surface area contributed by atoms with Gasteiger partial charge in [-0.05, 0) is 46.9 Å². The smallest absolute Gasteiger partial charge is 0.363 e. The van der Waals surface area contributed by atoms with E-state index in [-0.39, 0.29) is 23.6 Å². The van der Waals surface area contributed by atoms with Crippen molar-refractivity contribution in [3.05, 3.63) is 70.9 Å². The third kappa shape index (κ3) is 4.65. The molecular formula is C22H22N2O4. The van der Waals surface area contributed by atoms with Crippen LogP contribution in [0.5, 0.6) is 5.75 Å². The molecule has 144 valence electrons. The molecule has 1 aliphatic rings. The number of hydrogen-bond acceptors (Lipinski definition) is 5. The molecule has 2 aromatic rings. The number of benzene rings is 2. The predicted octanol–water partition coefficient (Wildman–Crippen LogP) is 3.19. The van der Waals surface area contributed by atoms with Crippen molar-refractivity contribution in [3.63, 3.8) is 0 Å². The third-order valence-corrected chi connectivity index (χ3v) is 4.18.